The first kappa shape index (κ1) is 15.9. The molecule has 1 rings (SSSR count). The monoisotopic (exact) mass is 258 g/mol. The maximum absolute atomic E-state index is 5.63. The second kappa shape index (κ2) is 5.89. The van der Waals surface area contributed by atoms with Crippen molar-refractivity contribution < 1.29 is 14.5 Å². The van der Waals surface area contributed by atoms with Crippen molar-refractivity contribution in [2.45, 2.75) is 73.0 Å². The zero-order valence-electron chi connectivity index (χ0n) is 13.0. The summed E-state index contributed by atoms with van der Waals surface area (Å²) >= 11 is 0. The van der Waals surface area contributed by atoms with Gasteiger partial charge in [-0.25, -0.2) is 9.78 Å². The molecule has 1 heterocycles. The lowest BCUT2D eigenvalue weighted by Gasteiger charge is -2.35. The van der Waals surface area contributed by atoms with Crippen LogP contribution in [0.25, 0.3) is 0 Å². The van der Waals surface area contributed by atoms with Crippen LogP contribution >= 0.6 is 0 Å². The highest BCUT2D eigenvalue weighted by molar-refractivity contribution is 4.75. The number of ether oxygens (including phenoxy) is 1. The van der Waals surface area contributed by atoms with Gasteiger partial charge in [-0.05, 0) is 37.0 Å². The molecule has 1 saturated heterocycles. The lowest BCUT2D eigenvalue weighted by atomic mass is 9.77. The van der Waals surface area contributed by atoms with Gasteiger partial charge in [0.15, 0.2) is 5.79 Å². The van der Waals surface area contributed by atoms with Gasteiger partial charge >= 0.3 is 0 Å². The van der Waals surface area contributed by atoms with Crippen LogP contribution in [0.4, 0.5) is 0 Å². The molecule has 1 atom stereocenters. The maximum atomic E-state index is 5.63. The predicted molar refractivity (Wildman–Crippen MR) is 73.1 cm³/mol. The lowest BCUT2D eigenvalue weighted by molar-refractivity contribution is -0.436. The summed E-state index contributed by atoms with van der Waals surface area (Å²) in [4.78, 5) is 11.0. The van der Waals surface area contributed by atoms with Gasteiger partial charge < -0.3 is 4.74 Å². The summed E-state index contributed by atoms with van der Waals surface area (Å²) in [6.45, 7) is 14.5. The molecule has 3 heteroatoms. The van der Waals surface area contributed by atoms with E-state index in [4.69, 9.17) is 14.5 Å². The average molecular weight is 258 g/mol. The molecule has 0 aromatic rings. The van der Waals surface area contributed by atoms with Gasteiger partial charge in [-0.1, -0.05) is 34.6 Å². The van der Waals surface area contributed by atoms with Crippen molar-refractivity contribution in [3.63, 3.8) is 0 Å². The highest BCUT2D eigenvalue weighted by Crippen LogP contribution is 2.34. The fourth-order valence-corrected chi connectivity index (χ4v) is 2.77. The first-order valence-corrected chi connectivity index (χ1v) is 7.07. The summed E-state index contributed by atoms with van der Waals surface area (Å²) < 4.78 is 5.63. The molecule has 1 unspecified atom stereocenters. The van der Waals surface area contributed by atoms with Crippen LogP contribution in [-0.4, -0.2) is 19.0 Å². The van der Waals surface area contributed by atoms with Crippen molar-refractivity contribution in [1.82, 2.24) is 0 Å². The number of hydrogen-bond donors (Lipinski definition) is 0. The first-order chi connectivity index (χ1) is 8.12. The second-order valence-electron chi connectivity index (χ2n) is 7.69. The zero-order valence-corrected chi connectivity index (χ0v) is 13.0. The SMILES string of the molecule is CC(C)(C)CC(C)(C)COOC1(C)CCCCO1. The maximum Gasteiger partial charge on any atom is 0.198 e. The Morgan fingerprint density at radius 3 is 2.28 bits per heavy atom. The Labute approximate surface area is 112 Å². The van der Waals surface area contributed by atoms with Crippen LogP contribution in [0, 0.1) is 10.8 Å². The van der Waals surface area contributed by atoms with E-state index in [9.17, 15) is 0 Å². The fraction of sp³-hybridized carbons (Fsp3) is 1.00. The Balaban J connectivity index is 2.31. The predicted octanol–water partition coefficient (Wildman–Crippen LogP) is 4.31. The van der Waals surface area contributed by atoms with Crippen LogP contribution in [0.2, 0.25) is 0 Å². The summed E-state index contributed by atoms with van der Waals surface area (Å²) in [6, 6.07) is 0. The van der Waals surface area contributed by atoms with E-state index >= 15 is 0 Å². The summed E-state index contributed by atoms with van der Waals surface area (Å²) in [5.74, 6) is -0.546. The van der Waals surface area contributed by atoms with Crippen LogP contribution in [0.1, 0.15) is 67.2 Å². The van der Waals surface area contributed by atoms with Gasteiger partial charge in [-0.15, -0.1) is 0 Å². The largest absolute Gasteiger partial charge is 0.348 e. The molecule has 0 amide bonds. The molecule has 108 valence electrons. The van der Waals surface area contributed by atoms with Crippen molar-refractivity contribution in [3.05, 3.63) is 0 Å². The molecule has 0 bridgehead atoms. The molecule has 1 aliphatic rings. The molecule has 0 radical (unpaired) electrons. The minimum Gasteiger partial charge on any atom is -0.348 e. The zero-order chi connectivity index (χ0) is 13.9. The Bertz CT molecular complexity index is 247. The van der Waals surface area contributed by atoms with Crippen molar-refractivity contribution in [2.75, 3.05) is 13.2 Å². The molecule has 1 fully saturated rings. The Kier molecular flexibility index (Phi) is 5.22. The highest BCUT2D eigenvalue weighted by Gasteiger charge is 2.32. The van der Waals surface area contributed by atoms with Gasteiger partial charge in [0, 0.05) is 6.42 Å². The molecule has 0 spiro atoms. The van der Waals surface area contributed by atoms with E-state index in [1.165, 1.54) is 0 Å². The van der Waals surface area contributed by atoms with Gasteiger partial charge in [0.25, 0.3) is 0 Å². The molecule has 0 aromatic heterocycles. The van der Waals surface area contributed by atoms with E-state index in [0.29, 0.717) is 12.0 Å². The number of rotatable bonds is 5. The van der Waals surface area contributed by atoms with Gasteiger partial charge in [0.1, 0.15) is 0 Å². The average Bonchev–Trinajstić information content (AvgIpc) is 2.13. The van der Waals surface area contributed by atoms with Crippen molar-refractivity contribution in [2.24, 2.45) is 10.8 Å². The van der Waals surface area contributed by atoms with E-state index in [-0.39, 0.29) is 5.41 Å². The summed E-state index contributed by atoms with van der Waals surface area (Å²) in [6.07, 6.45) is 4.27. The lowest BCUT2D eigenvalue weighted by Crippen LogP contribution is -2.37. The first-order valence-electron chi connectivity index (χ1n) is 7.07. The van der Waals surface area contributed by atoms with Gasteiger partial charge in [-0.2, -0.15) is 0 Å². The van der Waals surface area contributed by atoms with Gasteiger partial charge in [0.05, 0.1) is 13.2 Å². The minimum absolute atomic E-state index is 0.114. The quantitative estimate of drug-likeness (QED) is 0.543. The van der Waals surface area contributed by atoms with Crippen molar-refractivity contribution in [1.29, 1.82) is 0 Å². The van der Waals surface area contributed by atoms with Crippen LogP contribution in [0.5, 0.6) is 0 Å². The van der Waals surface area contributed by atoms with Crippen LogP contribution in [0.3, 0.4) is 0 Å². The summed E-state index contributed by atoms with van der Waals surface area (Å²) in [5, 5.41) is 0. The van der Waals surface area contributed by atoms with Gasteiger partial charge in [-0.3, -0.25) is 0 Å². The molecule has 18 heavy (non-hydrogen) atoms. The van der Waals surface area contributed by atoms with E-state index in [0.717, 1.165) is 32.3 Å². The Morgan fingerprint density at radius 1 is 1.11 bits per heavy atom. The third-order valence-corrected chi connectivity index (χ3v) is 3.13. The molecule has 0 aromatic carbocycles. The van der Waals surface area contributed by atoms with E-state index < -0.39 is 5.79 Å². The fourth-order valence-electron chi connectivity index (χ4n) is 2.77. The molecular formula is C15H30O3. The normalized spacial score (nSPS) is 26.3. The molecule has 3 nitrogen and oxygen atoms in total. The smallest absolute Gasteiger partial charge is 0.198 e. The Morgan fingerprint density at radius 2 is 1.78 bits per heavy atom. The van der Waals surface area contributed by atoms with E-state index in [2.05, 4.69) is 34.6 Å². The molecule has 1 aliphatic heterocycles. The third-order valence-electron chi connectivity index (χ3n) is 3.13. The second-order valence-corrected chi connectivity index (χ2v) is 7.69. The van der Waals surface area contributed by atoms with E-state index in [1.807, 2.05) is 6.92 Å². The van der Waals surface area contributed by atoms with Crippen LogP contribution in [-0.2, 0) is 14.5 Å². The van der Waals surface area contributed by atoms with Crippen LogP contribution in [0.15, 0.2) is 0 Å². The molecular weight excluding hydrogens is 228 g/mol. The molecule has 0 N–H and O–H groups in total. The number of hydrogen-bond acceptors (Lipinski definition) is 3. The molecule has 0 saturated carbocycles. The summed E-state index contributed by atoms with van der Waals surface area (Å²) in [7, 11) is 0. The van der Waals surface area contributed by atoms with Crippen molar-refractivity contribution in [3.8, 4) is 0 Å². The molecule has 0 aliphatic carbocycles. The summed E-state index contributed by atoms with van der Waals surface area (Å²) in [5.41, 5.74) is 0.418. The Hall–Kier alpha value is -0.120. The van der Waals surface area contributed by atoms with Crippen molar-refractivity contribution >= 4 is 0 Å². The highest BCUT2D eigenvalue weighted by atomic mass is 17.2. The standard InChI is InChI=1S/C15H30O3/c1-13(2,3)11-14(4,5)12-17-18-15(6)9-7-8-10-16-15/h7-12H2,1-6H3. The van der Waals surface area contributed by atoms with Gasteiger partial charge in [0.2, 0.25) is 0 Å². The minimum atomic E-state index is -0.546. The topological polar surface area (TPSA) is 27.7 Å². The van der Waals surface area contributed by atoms with Crippen LogP contribution < -0.4 is 0 Å². The van der Waals surface area contributed by atoms with E-state index in [1.54, 1.807) is 0 Å². The third kappa shape index (κ3) is 6.17.